The van der Waals surface area contributed by atoms with Gasteiger partial charge in [-0.05, 0) is 82.1 Å². The van der Waals surface area contributed by atoms with E-state index in [0.29, 0.717) is 0 Å². The van der Waals surface area contributed by atoms with Crippen molar-refractivity contribution in [3.05, 3.63) is 82.4 Å². The molecule has 1 aliphatic rings. The highest BCUT2D eigenvalue weighted by molar-refractivity contribution is 7.80. The molecule has 5 nitrogen and oxygen atoms in total. The molecule has 0 aliphatic carbocycles. The van der Waals surface area contributed by atoms with E-state index in [1.165, 1.54) is 17.0 Å². The molecule has 0 spiro atoms. The first-order valence-corrected chi connectivity index (χ1v) is 11.2. The number of rotatable bonds is 6. The summed E-state index contributed by atoms with van der Waals surface area (Å²) in [6, 6.07) is 16.3. The summed E-state index contributed by atoms with van der Waals surface area (Å²) in [5.41, 5.74) is 5.66. The van der Waals surface area contributed by atoms with Gasteiger partial charge in [0.25, 0.3) is 0 Å². The van der Waals surface area contributed by atoms with Gasteiger partial charge in [0.1, 0.15) is 0 Å². The van der Waals surface area contributed by atoms with Gasteiger partial charge in [0.15, 0.2) is 5.11 Å². The van der Waals surface area contributed by atoms with Gasteiger partial charge in [-0.3, -0.25) is 4.98 Å². The van der Waals surface area contributed by atoms with Gasteiger partial charge in [-0.1, -0.05) is 23.7 Å². The molecule has 1 N–H and O–H groups in total. The van der Waals surface area contributed by atoms with Crippen molar-refractivity contribution in [2.75, 3.05) is 27.2 Å². The van der Waals surface area contributed by atoms with Gasteiger partial charge in [0.2, 0.25) is 0 Å². The SMILES string of the molecule is Cc1cc([C@H]2[C@@H](c3ccccn3)NC(=S)N2CCN(C)C)c(C)n1-c1cccc(Cl)c1. The first kappa shape index (κ1) is 21.8. The van der Waals surface area contributed by atoms with Crippen LogP contribution in [0.15, 0.2) is 54.7 Å². The lowest BCUT2D eigenvalue weighted by Gasteiger charge is -2.29. The topological polar surface area (TPSA) is 36.3 Å². The van der Waals surface area contributed by atoms with Gasteiger partial charge in [0.05, 0.1) is 17.8 Å². The van der Waals surface area contributed by atoms with Crippen LogP contribution in [0.3, 0.4) is 0 Å². The number of benzene rings is 1. The van der Waals surface area contributed by atoms with Crippen LogP contribution in [0.4, 0.5) is 0 Å². The number of likely N-dealkylation sites (N-methyl/N-ethyl adjacent to an activating group) is 1. The zero-order valence-electron chi connectivity index (χ0n) is 18.3. The summed E-state index contributed by atoms with van der Waals surface area (Å²) in [5, 5.41) is 5.05. The third-order valence-corrected chi connectivity index (χ3v) is 6.43. The Balaban J connectivity index is 1.81. The number of aryl methyl sites for hydroxylation is 1. The number of thiocarbonyl (C=S) groups is 1. The number of pyridine rings is 1. The Morgan fingerprint density at radius 2 is 1.94 bits per heavy atom. The molecule has 0 saturated carbocycles. The highest BCUT2D eigenvalue weighted by Crippen LogP contribution is 2.41. The van der Waals surface area contributed by atoms with Crippen LogP contribution in [0.1, 0.15) is 34.7 Å². The highest BCUT2D eigenvalue weighted by Gasteiger charge is 2.41. The first-order chi connectivity index (χ1) is 14.9. The first-order valence-electron chi connectivity index (χ1n) is 10.4. The van der Waals surface area contributed by atoms with Crippen molar-refractivity contribution < 1.29 is 0 Å². The minimum Gasteiger partial charge on any atom is -0.352 e. The maximum atomic E-state index is 6.29. The van der Waals surface area contributed by atoms with E-state index in [4.69, 9.17) is 23.8 Å². The van der Waals surface area contributed by atoms with E-state index in [0.717, 1.165) is 34.6 Å². The number of hydrogen-bond donors (Lipinski definition) is 1. The van der Waals surface area contributed by atoms with Crippen LogP contribution in [-0.2, 0) is 0 Å². The molecule has 0 bridgehead atoms. The molecule has 1 aliphatic heterocycles. The molecular formula is C24H28ClN5S. The molecule has 2 aromatic heterocycles. The van der Waals surface area contributed by atoms with Crippen molar-refractivity contribution in [1.82, 2.24) is 24.7 Å². The van der Waals surface area contributed by atoms with Crippen LogP contribution in [0.5, 0.6) is 0 Å². The zero-order chi connectivity index (χ0) is 22.1. The predicted molar refractivity (Wildman–Crippen MR) is 131 cm³/mol. The minimum absolute atomic E-state index is 0.0100. The second-order valence-electron chi connectivity index (χ2n) is 8.27. The van der Waals surface area contributed by atoms with Gasteiger partial charge in [-0.25, -0.2) is 0 Å². The molecule has 1 fully saturated rings. The smallest absolute Gasteiger partial charge is 0.170 e. The fourth-order valence-electron chi connectivity index (χ4n) is 4.39. The summed E-state index contributed by atoms with van der Waals surface area (Å²) in [7, 11) is 4.17. The van der Waals surface area contributed by atoms with Crippen molar-refractivity contribution in [2.45, 2.75) is 25.9 Å². The van der Waals surface area contributed by atoms with Crippen LogP contribution in [0, 0.1) is 13.8 Å². The van der Waals surface area contributed by atoms with E-state index in [2.05, 4.69) is 70.8 Å². The lowest BCUT2D eigenvalue weighted by Crippen LogP contribution is -2.35. The predicted octanol–water partition coefficient (Wildman–Crippen LogP) is 4.68. The van der Waals surface area contributed by atoms with Crippen LogP contribution in [0.2, 0.25) is 5.02 Å². The molecule has 3 aromatic rings. The number of halogens is 1. The second-order valence-corrected chi connectivity index (χ2v) is 9.09. The zero-order valence-corrected chi connectivity index (χ0v) is 19.9. The van der Waals surface area contributed by atoms with E-state index in [-0.39, 0.29) is 12.1 Å². The van der Waals surface area contributed by atoms with E-state index < -0.39 is 0 Å². The summed E-state index contributed by atoms with van der Waals surface area (Å²) in [4.78, 5) is 9.13. The summed E-state index contributed by atoms with van der Waals surface area (Å²) in [6.45, 7) is 6.07. The van der Waals surface area contributed by atoms with E-state index in [9.17, 15) is 0 Å². The van der Waals surface area contributed by atoms with Gasteiger partial charge in [-0.15, -0.1) is 0 Å². The van der Waals surface area contributed by atoms with Crippen molar-refractivity contribution in [3.8, 4) is 5.69 Å². The van der Waals surface area contributed by atoms with Gasteiger partial charge < -0.3 is 19.7 Å². The van der Waals surface area contributed by atoms with Crippen LogP contribution < -0.4 is 5.32 Å². The van der Waals surface area contributed by atoms with E-state index in [1.54, 1.807) is 0 Å². The Bertz CT molecular complexity index is 1080. The monoisotopic (exact) mass is 453 g/mol. The molecule has 162 valence electrons. The van der Waals surface area contributed by atoms with Gasteiger partial charge >= 0.3 is 0 Å². The molecule has 1 aromatic carbocycles. The van der Waals surface area contributed by atoms with Crippen molar-refractivity contribution in [3.63, 3.8) is 0 Å². The van der Waals surface area contributed by atoms with Gasteiger partial charge in [-0.2, -0.15) is 0 Å². The van der Waals surface area contributed by atoms with E-state index >= 15 is 0 Å². The molecule has 0 amide bonds. The standard InChI is InChI=1S/C24H28ClN5S/c1-16-14-20(17(2)30(16)19-9-7-8-18(25)15-19)23-22(21-10-5-6-11-26-21)27-24(31)29(23)13-12-28(3)4/h5-11,14-15,22-23H,12-13H2,1-4H3,(H,27,31)/t22-,23+/m1/s1. The second kappa shape index (κ2) is 8.99. The highest BCUT2D eigenvalue weighted by atomic mass is 35.5. The molecule has 0 unspecified atom stereocenters. The number of nitrogens with zero attached hydrogens (tertiary/aromatic N) is 4. The van der Waals surface area contributed by atoms with Gasteiger partial charge in [0, 0.05) is 41.4 Å². The lowest BCUT2D eigenvalue weighted by atomic mass is 9.97. The van der Waals surface area contributed by atoms with Crippen molar-refractivity contribution in [1.29, 1.82) is 0 Å². The molecular weight excluding hydrogens is 426 g/mol. The third kappa shape index (κ3) is 4.33. The number of nitrogens with one attached hydrogen (secondary N) is 1. The van der Waals surface area contributed by atoms with Crippen molar-refractivity contribution >= 4 is 28.9 Å². The summed E-state index contributed by atoms with van der Waals surface area (Å²) in [6.07, 6.45) is 1.84. The average Bonchev–Trinajstić information content (AvgIpc) is 3.22. The molecule has 4 rings (SSSR count). The normalized spacial score (nSPS) is 18.6. The molecule has 7 heteroatoms. The van der Waals surface area contributed by atoms with Crippen LogP contribution >= 0.6 is 23.8 Å². The number of hydrogen-bond acceptors (Lipinski definition) is 3. The summed E-state index contributed by atoms with van der Waals surface area (Å²) >= 11 is 12.1. The fraction of sp³-hybridized carbons (Fsp3) is 0.333. The Morgan fingerprint density at radius 3 is 2.61 bits per heavy atom. The fourth-order valence-corrected chi connectivity index (χ4v) is 4.91. The Hall–Kier alpha value is -2.41. The molecule has 2 atom stereocenters. The quantitative estimate of drug-likeness (QED) is 0.548. The van der Waals surface area contributed by atoms with E-state index in [1.807, 2.05) is 36.5 Å². The minimum atomic E-state index is -0.0100. The summed E-state index contributed by atoms with van der Waals surface area (Å²) < 4.78 is 2.27. The third-order valence-electron chi connectivity index (χ3n) is 5.84. The van der Waals surface area contributed by atoms with Crippen molar-refractivity contribution in [2.24, 2.45) is 0 Å². The Labute approximate surface area is 194 Å². The Kier molecular flexibility index (Phi) is 6.32. The molecule has 1 saturated heterocycles. The maximum absolute atomic E-state index is 6.29. The largest absolute Gasteiger partial charge is 0.352 e. The molecule has 0 radical (unpaired) electrons. The average molecular weight is 454 g/mol. The number of aromatic nitrogens is 2. The summed E-state index contributed by atoms with van der Waals surface area (Å²) in [5.74, 6) is 0. The molecule has 3 heterocycles. The lowest BCUT2D eigenvalue weighted by molar-refractivity contribution is 0.277. The van der Waals surface area contributed by atoms with Crippen LogP contribution in [0.25, 0.3) is 5.69 Å². The van der Waals surface area contributed by atoms with Crippen LogP contribution in [-0.4, -0.2) is 51.6 Å². The molecule has 31 heavy (non-hydrogen) atoms. The maximum Gasteiger partial charge on any atom is 0.170 e. The Morgan fingerprint density at radius 1 is 1.13 bits per heavy atom.